The van der Waals surface area contributed by atoms with E-state index in [0.29, 0.717) is 12.5 Å². The van der Waals surface area contributed by atoms with Gasteiger partial charge in [0, 0.05) is 22.9 Å². The maximum Gasteiger partial charge on any atom is 0.213 e. The van der Waals surface area contributed by atoms with E-state index < -0.39 is 0 Å². The number of hydrogen-bond donors (Lipinski definition) is 0. The van der Waals surface area contributed by atoms with Gasteiger partial charge in [0.15, 0.2) is 0 Å². The van der Waals surface area contributed by atoms with Crippen LogP contribution < -0.4 is 4.74 Å². The van der Waals surface area contributed by atoms with Gasteiger partial charge in [0.05, 0.1) is 10.4 Å². The first-order chi connectivity index (χ1) is 6.84. The first kappa shape index (κ1) is 9.61. The van der Waals surface area contributed by atoms with E-state index in [1.165, 1.54) is 0 Å². The Morgan fingerprint density at radius 1 is 1.36 bits per heavy atom. The van der Waals surface area contributed by atoms with Gasteiger partial charge in [-0.3, -0.25) is 4.98 Å². The molecule has 0 saturated carbocycles. The lowest BCUT2D eigenvalue weighted by molar-refractivity contribution is 0.297. The molecule has 0 aliphatic rings. The zero-order valence-electron chi connectivity index (χ0n) is 7.18. The Bertz CT molecular complexity index is 388. The summed E-state index contributed by atoms with van der Waals surface area (Å²) in [6.07, 6.45) is 3.51. The highest BCUT2D eigenvalue weighted by Crippen LogP contribution is 2.14. The van der Waals surface area contributed by atoms with Crippen LogP contribution in [0.5, 0.6) is 5.88 Å². The number of hydrogen-bond acceptors (Lipinski definition) is 4. The molecule has 2 heterocycles. The maximum atomic E-state index is 5.44. The monoisotopic (exact) mass is 270 g/mol. The van der Waals surface area contributed by atoms with Crippen molar-refractivity contribution in [1.29, 1.82) is 0 Å². The molecule has 0 N–H and O–H groups in total. The third kappa shape index (κ3) is 2.52. The van der Waals surface area contributed by atoms with E-state index in [1.807, 2.05) is 12.1 Å². The summed E-state index contributed by atoms with van der Waals surface area (Å²) in [4.78, 5) is 9.14. The Morgan fingerprint density at radius 3 is 2.93 bits per heavy atom. The highest BCUT2D eigenvalue weighted by molar-refractivity contribution is 9.10. The van der Waals surface area contributed by atoms with Gasteiger partial charge in [-0.25, -0.2) is 4.98 Å². The number of aromatic nitrogens is 2. The highest BCUT2D eigenvalue weighted by Gasteiger charge is 1.97. The summed E-state index contributed by atoms with van der Waals surface area (Å²) in [6.45, 7) is 0.527. The van der Waals surface area contributed by atoms with Gasteiger partial charge in [-0.05, 0) is 22.0 Å². The predicted octanol–water partition coefficient (Wildman–Crippen LogP) is 2.88. The molecule has 0 fully saturated rings. The smallest absolute Gasteiger partial charge is 0.213 e. The van der Waals surface area contributed by atoms with Crippen LogP contribution in [0, 0.1) is 0 Å². The van der Waals surface area contributed by atoms with Gasteiger partial charge in [-0.1, -0.05) is 0 Å². The Morgan fingerprint density at radius 2 is 2.29 bits per heavy atom. The molecule has 0 unspecified atom stereocenters. The molecule has 0 aliphatic carbocycles. The van der Waals surface area contributed by atoms with E-state index >= 15 is 0 Å². The van der Waals surface area contributed by atoms with E-state index in [0.717, 1.165) is 9.35 Å². The van der Waals surface area contributed by atoms with Crippen molar-refractivity contribution in [2.45, 2.75) is 6.61 Å². The quantitative estimate of drug-likeness (QED) is 0.861. The third-order valence-corrected chi connectivity index (χ3v) is 2.77. The van der Waals surface area contributed by atoms with Crippen LogP contribution in [0.15, 0.2) is 34.5 Å². The fourth-order valence-electron chi connectivity index (χ4n) is 0.906. The standard InChI is InChI=1S/C9H7BrN2OS/c10-7-1-2-9(12-3-7)13-5-8-4-11-6-14-8/h1-4,6H,5H2. The van der Waals surface area contributed by atoms with Crippen molar-refractivity contribution in [2.75, 3.05) is 0 Å². The second kappa shape index (κ2) is 4.52. The maximum absolute atomic E-state index is 5.44. The first-order valence-electron chi connectivity index (χ1n) is 3.96. The molecule has 0 radical (unpaired) electrons. The molecule has 2 rings (SSSR count). The predicted molar refractivity (Wildman–Crippen MR) is 58.4 cm³/mol. The average molecular weight is 271 g/mol. The molecule has 0 bridgehead atoms. The Hall–Kier alpha value is -0.940. The first-order valence-corrected chi connectivity index (χ1v) is 5.63. The Kier molecular flexibility index (Phi) is 3.10. The second-order valence-electron chi connectivity index (χ2n) is 2.57. The fraction of sp³-hybridized carbons (Fsp3) is 0.111. The van der Waals surface area contributed by atoms with Crippen LogP contribution in [0.3, 0.4) is 0 Å². The van der Waals surface area contributed by atoms with Gasteiger partial charge in [-0.15, -0.1) is 11.3 Å². The van der Waals surface area contributed by atoms with Crippen molar-refractivity contribution in [2.24, 2.45) is 0 Å². The van der Waals surface area contributed by atoms with Crippen molar-refractivity contribution >= 4 is 27.3 Å². The summed E-state index contributed by atoms with van der Waals surface area (Å²) in [7, 11) is 0. The molecular weight excluding hydrogens is 264 g/mol. The number of rotatable bonds is 3. The van der Waals surface area contributed by atoms with Crippen molar-refractivity contribution in [3.8, 4) is 5.88 Å². The molecule has 0 spiro atoms. The van der Waals surface area contributed by atoms with Crippen LogP contribution in [-0.4, -0.2) is 9.97 Å². The van der Waals surface area contributed by atoms with Crippen LogP contribution in [0.2, 0.25) is 0 Å². The molecule has 0 aromatic carbocycles. The zero-order chi connectivity index (χ0) is 9.80. The molecule has 72 valence electrons. The Balaban J connectivity index is 1.95. The van der Waals surface area contributed by atoms with Crippen molar-refractivity contribution in [1.82, 2.24) is 9.97 Å². The molecule has 14 heavy (non-hydrogen) atoms. The molecule has 2 aromatic rings. The molecule has 0 aliphatic heterocycles. The second-order valence-corrected chi connectivity index (χ2v) is 4.46. The lowest BCUT2D eigenvalue weighted by Gasteiger charge is -2.02. The van der Waals surface area contributed by atoms with Crippen molar-refractivity contribution < 1.29 is 4.74 Å². The van der Waals surface area contributed by atoms with Crippen LogP contribution in [0.25, 0.3) is 0 Å². The summed E-state index contributed by atoms with van der Waals surface area (Å²) < 4.78 is 6.39. The number of halogens is 1. The molecule has 0 atom stereocenters. The van der Waals surface area contributed by atoms with Gasteiger partial charge in [0.25, 0.3) is 0 Å². The van der Waals surface area contributed by atoms with Gasteiger partial charge < -0.3 is 4.74 Å². The highest BCUT2D eigenvalue weighted by atomic mass is 79.9. The summed E-state index contributed by atoms with van der Waals surface area (Å²) in [5, 5.41) is 0. The number of pyridine rings is 1. The van der Waals surface area contributed by atoms with Crippen LogP contribution in [0.4, 0.5) is 0 Å². The van der Waals surface area contributed by atoms with Crippen molar-refractivity contribution in [3.05, 3.63) is 39.4 Å². The minimum absolute atomic E-state index is 0.527. The summed E-state index contributed by atoms with van der Waals surface area (Å²) in [5.41, 5.74) is 1.79. The largest absolute Gasteiger partial charge is 0.472 e. The zero-order valence-corrected chi connectivity index (χ0v) is 9.59. The van der Waals surface area contributed by atoms with Crippen LogP contribution in [0.1, 0.15) is 4.88 Å². The lowest BCUT2D eigenvalue weighted by Crippen LogP contribution is -1.94. The molecule has 5 heteroatoms. The minimum atomic E-state index is 0.527. The normalized spacial score (nSPS) is 10.1. The van der Waals surface area contributed by atoms with Gasteiger partial charge in [0.2, 0.25) is 5.88 Å². The number of thiazole rings is 1. The van der Waals surface area contributed by atoms with Crippen LogP contribution in [-0.2, 0) is 6.61 Å². The van der Waals surface area contributed by atoms with E-state index in [-0.39, 0.29) is 0 Å². The molecule has 2 aromatic heterocycles. The lowest BCUT2D eigenvalue weighted by atomic mass is 10.5. The number of nitrogens with zero attached hydrogens (tertiary/aromatic N) is 2. The van der Waals surface area contributed by atoms with Gasteiger partial charge in [0.1, 0.15) is 6.61 Å². The molecule has 0 amide bonds. The SMILES string of the molecule is Brc1ccc(OCc2cncs2)nc1. The van der Waals surface area contributed by atoms with E-state index in [9.17, 15) is 0 Å². The molecule has 0 saturated heterocycles. The third-order valence-electron chi connectivity index (χ3n) is 1.55. The molecule has 3 nitrogen and oxygen atoms in total. The summed E-state index contributed by atoms with van der Waals surface area (Å²) in [5.74, 6) is 0.626. The van der Waals surface area contributed by atoms with Crippen molar-refractivity contribution in [3.63, 3.8) is 0 Å². The Labute approximate surface area is 93.9 Å². The molecular formula is C9H7BrN2OS. The topological polar surface area (TPSA) is 35.0 Å². The van der Waals surface area contributed by atoms with Gasteiger partial charge in [-0.2, -0.15) is 0 Å². The fourth-order valence-corrected chi connectivity index (χ4v) is 1.65. The summed E-state index contributed by atoms with van der Waals surface area (Å²) in [6, 6.07) is 3.72. The van der Waals surface area contributed by atoms with E-state index in [4.69, 9.17) is 4.74 Å². The summed E-state index contributed by atoms with van der Waals surface area (Å²) >= 11 is 4.88. The minimum Gasteiger partial charge on any atom is -0.472 e. The number of ether oxygens (including phenoxy) is 1. The van der Waals surface area contributed by atoms with Gasteiger partial charge >= 0.3 is 0 Å². The van der Waals surface area contributed by atoms with Crippen LogP contribution >= 0.6 is 27.3 Å². The average Bonchev–Trinajstić information content (AvgIpc) is 2.70. The van der Waals surface area contributed by atoms with E-state index in [2.05, 4.69) is 25.9 Å². The van der Waals surface area contributed by atoms with E-state index in [1.54, 1.807) is 29.2 Å².